The zero-order valence-corrected chi connectivity index (χ0v) is 18.3. The van der Waals surface area contributed by atoms with Crippen LogP contribution in [0.2, 0.25) is 0 Å². The number of Topliss-reactive ketones (excluding diaryl/α,β-unsaturated/α-hetero) is 1. The average Bonchev–Trinajstić information content (AvgIpc) is 2.78. The van der Waals surface area contributed by atoms with Crippen LogP contribution in [-0.2, 0) is 4.79 Å². The Bertz CT molecular complexity index is 1040. The molecule has 0 heterocycles. The normalized spacial score (nSPS) is 14.3. The fourth-order valence-electron chi connectivity index (χ4n) is 3.61. The summed E-state index contributed by atoms with van der Waals surface area (Å²) in [7, 11) is 0. The molecule has 6 nitrogen and oxygen atoms in total. The lowest BCUT2D eigenvalue weighted by Crippen LogP contribution is -2.32. The molecular formula is C25H29N3O3. The zero-order valence-electron chi connectivity index (χ0n) is 18.3. The summed E-state index contributed by atoms with van der Waals surface area (Å²) in [5.74, 6) is -0.651. The van der Waals surface area contributed by atoms with Crippen LogP contribution >= 0.6 is 0 Å². The van der Waals surface area contributed by atoms with Gasteiger partial charge < -0.3 is 15.3 Å². The molecule has 31 heavy (non-hydrogen) atoms. The molecule has 1 amide bonds. The van der Waals surface area contributed by atoms with Crippen molar-refractivity contribution in [3.8, 4) is 0 Å². The number of carbonyl (C=O) groups is 2. The van der Waals surface area contributed by atoms with E-state index in [1.807, 2.05) is 51.1 Å². The monoisotopic (exact) mass is 419 g/mol. The first kappa shape index (κ1) is 22.4. The number of amides is 1. The van der Waals surface area contributed by atoms with Crippen LogP contribution in [0, 0.1) is 6.92 Å². The van der Waals surface area contributed by atoms with E-state index < -0.39 is 0 Å². The Morgan fingerprint density at radius 2 is 1.87 bits per heavy atom. The van der Waals surface area contributed by atoms with Crippen molar-refractivity contribution in [2.75, 3.05) is 31.1 Å². The van der Waals surface area contributed by atoms with Crippen molar-refractivity contribution in [1.29, 1.82) is 0 Å². The van der Waals surface area contributed by atoms with Crippen LogP contribution in [0.3, 0.4) is 0 Å². The highest BCUT2D eigenvalue weighted by atomic mass is 16.3. The lowest BCUT2D eigenvalue weighted by atomic mass is 9.88. The number of likely N-dealkylation sites (N-methyl/N-ethyl adjacent to an activating group) is 1. The Hall–Kier alpha value is -3.25. The van der Waals surface area contributed by atoms with E-state index >= 15 is 0 Å². The fourth-order valence-corrected chi connectivity index (χ4v) is 3.61. The number of hydrogen-bond acceptors (Lipinski definition) is 5. The van der Waals surface area contributed by atoms with Crippen LogP contribution in [0.5, 0.6) is 0 Å². The van der Waals surface area contributed by atoms with Crippen molar-refractivity contribution in [1.82, 2.24) is 5.32 Å². The second kappa shape index (κ2) is 10.2. The maximum Gasteiger partial charge on any atom is 0.255 e. The van der Waals surface area contributed by atoms with E-state index in [0.717, 1.165) is 35.5 Å². The summed E-state index contributed by atoms with van der Waals surface area (Å²) in [5, 5.41) is 12.1. The molecule has 2 aromatic rings. The summed E-state index contributed by atoms with van der Waals surface area (Å²) in [6.07, 6.45) is 2.38. The van der Waals surface area contributed by atoms with Crippen LogP contribution in [0.25, 0.3) is 0 Å². The van der Waals surface area contributed by atoms with Gasteiger partial charge in [-0.2, -0.15) is 0 Å². The van der Waals surface area contributed by atoms with E-state index in [4.69, 9.17) is 4.99 Å². The molecule has 0 saturated carbocycles. The van der Waals surface area contributed by atoms with Gasteiger partial charge in [0.1, 0.15) is 0 Å². The molecule has 0 bridgehead atoms. The molecule has 162 valence electrons. The van der Waals surface area contributed by atoms with Gasteiger partial charge in [-0.25, -0.2) is 4.99 Å². The summed E-state index contributed by atoms with van der Waals surface area (Å²) in [6, 6.07) is 13.2. The summed E-state index contributed by atoms with van der Waals surface area (Å²) in [6.45, 7) is 7.96. The Morgan fingerprint density at radius 3 is 2.52 bits per heavy atom. The van der Waals surface area contributed by atoms with Gasteiger partial charge in [0.15, 0.2) is 5.78 Å². The molecule has 0 aliphatic heterocycles. The Kier molecular flexibility index (Phi) is 7.36. The molecule has 0 radical (unpaired) electrons. The Labute approximate surface area is 183 Å². The predicted octanol–water partition coefficient (Wildman–Crippen LogP) is 3.58. The molecule has 0 atom stereocenters. The van der Waals surface area contributed by atoms with E-state index in [2.05, 4.69) is 10.2 Å². The SMILES string of the molecule is CCCNC(=O)C1=CC(=Nc2ccc(N(CC)CCO)cc2C)c2ccccc2C1=O. The summed E-state index contributed by atoms with van der Waals surface area (Å²) in [4.78, 5) is 32.4. The zero-order chi connectivity index (χ0) is 22.4. The third-order valence-electron chi connectivity index (χ3n) is 5.29. The maximum atomic E-state index is 12.9. The molecular weight excluding hydrogens is 390 g/mol. The third kappa shape index (κ3) is 4.91. The Morgan fingerprint density at radius 1 is 1.13 bits per heavy atom. The van der Waals surface area contributed by atoms with Gasteiger partial charge in [0.25, 0.3) is 5.91 Å². The number of nitrogens with zero attached hydrogens (tertiary/aromatic N) is 2. The highest BCUT2D eigenvalue weighted by molar-refractivity contribution is 6.35. The number of allylic oxidation sites excluding steroid dienone is 1. The van der Waals surface area contributed by atoms with Gasteiger partial charge >= 0.3 is 0 Å². The molecule has 0 saturated heterocycles. The van der Waals surface area contributed by atoms with E-state index in [9.17, 15) is 14.7 Å². The van der Waals surface area contributed by atoms with Gasteiger partial charge in [-0.3, -0.25) is 9.59 Å². The van der Waals surface area contributed by atoms with Gasteiger partial charge in [0.2, 0.25) is 0 Å². The molecule has 1 aliphatic rings. The van der Waals surface area contributed by atoms with Gasteiger partial charge in [-0.15, -0.1) is 0 Å². The van der Waals surface area contributed by atoms with E-state index in [-0.39, 0.29) is 23.9 Å². The predicted molar refractivity (Wildman–Crippen MR) is 125 cm³/mol. The molecule has 0 aromatic heterocycles. The first-order valence-electron chi connectivity index (χ1n) is 10.7. The number of fused-ring (bicyclic) bond motifs is 1. The number of aryl methyl sites for hydroxylation is 1. The van der Waals surface area contributed by atoms with E-state index in [1.54, 1.807) is 18.2 Å². The van der Waals surface area contributed by atoms with E-state index in [1.165, 1.54) is 0 Å². The number of carbonyl (C=O) groups excluding carboxylic acids is 2. The van der Waals surface area contributed by atoms with Gasteiger partial charge in [-0.1, -0.05) is 31.2 Å². The fraction of sp³-hybridized carbons (Fsp3) is 0.320. The van der Waals surface area contributed by atoms with Crippen LogP contribution in [0.4, 0.5) is 11.4 Å². The third-order valence-corrected chi connectivity index (χ3v) is 5.29. The lowest BCUT2D eigenvalue weighted by molar-refractivity contribution is -0.117. The molecule has 0 fully saturated rings. The number of ketones is 1. The van der Waals surface area contributed by atoms with Crippen molar-refractivity contribution < 1.29 is 14.7 Å². The molecule has 0 unspecified atom stereocenters. The van der Waals surface area contributed by atoms with Crippen LogP contribution in [0.1, 0.15) is 41.8 Å². The molecule has 1 aliphatic carbocycles. The molecule has 2 aromatic carbocycles. The largest absolute Gasteiger partial charge is 0.395 e. The van der Waals surface area contributed by atoms with Crippen molar-refractivity contribution in [3.05, 3.63) is 70.8 Å². The highest BCUT2D eigenvalue weighted by Gasteiger charge is 2.28. The number of aliphatic hydroxyl groups excluding tert-OH is 1. The average molecular weight is 420 g/mol. The first-order valence-corrected chi connectivity index (χ1v) is 10.7. The number of anilines is 1. The number of aliphatic imine (C=N–C) groups is 1. The summed E-state index contributed by atoms with van der Waals surface area (Å²) in [5.41, 5.74) is 4.68. The highest BCUT2D eigenvalue weighted by Crippen LogP contribution is 2.28. The molecule has 6 heteroatoms. The standard InChI is InChI=1S/C25H29N3O3/c1-4-12-26-25(31)21-16-23(19-8-6-7-9-20(19)24(21)30)27-22-11-10-18(15-17(22)3)28(5-2)13-14-29/h6-11,15-16,29H,4-5,12-14H2,1-3H3,(H,26,31). The molecule has 3 rings (SSSR count). The number of hydrogen-bond donors (Lipinski definition) is 2. The number of nitrogens with one attached hydrogen (secondary N) is 1. The maximum absolute atomic E-state index is 12.9. The van der Waals surface area contributed by atoms with Gasteiger partial charge in [-0.05, 0) is 50.1 Å². The van der Waals surface area contributed by atoms with Gasteiger partial charge in [0.05, 0.1) is 23.6 Å². The lowest BCUT2D eigenvalue weighted by Gasteiger charge is -2.23. The van der Waals surface area contributed by atoms with Crippen molar-refractivity contribution in [3.63, 3.8) is 0 Å². The summed E-state index contributed by atoms with van der Waals surface area (Å²) >= 11 is 0. The van der Waals surface area contributed by atoms with Crippen LogP contribution < -0.4 is 10.2 Å². The van der Waals surface area contributed by atoms with Crippen LogP contribution in [0.15, 0.2) is 59.1 Å². The van der Waals surface area contributed by atoms with Crippen molar-refractivity contribution in [2.45, 2.75) is 27.2 Å². The first-order chi connectivity index (χ1) is 15.0. The minimum atomic E-state index is -0.372. The second-order valence-corrected chi connectivity index (χ2v) is 7.46. The quantitative estimate of drug-likeness (QED) is 0.641. The summed E-state index contributed by atoms with van der Waals surface area (Å²) < 4.78 is 0. The minimum absolute atomic E-state index is 0.0927. The van der Waals surface area contributed by atoms with Crippen LogP contribution in [-0.4, -0.2) is 48.7 Å². The topological polar surface area (TPSA) is 82.0 Å². The number of aliphatic hydroxyl groups is 1. The molecule has 2 N–H and O–H groups in total. The minimum Gasteiger partial charge on any atom is -0.395 e. The molecule has 0 spiro atoms. The van der Waals surface area contributed by atoms with Crippen molar-refractivity contribution in [2.24, 2.45) is 4.99 Å². The Balaban J connectivity index is 2.03. The number of rotatable bonds is 8. The van der Waals surface area contributed by atoms with E-state index in [0.29, 0.717) is 24.4 Å². The second-order valence-electron chi connectivity index (χ2n) is 7.46. The number of benzene rings is 2. The van der Waals surface area contributed by atoms with Crippen molar-refractivity contribution >= 4 is 28.8 Å². The van der Waals surface area contributed by atoms with Gasteiger partial charge in [0, 0.05) is 36.4 Å². The smallest absolute Gasteiger partial charge is 0.255 e.